The second kappa shape index (κ2) is 29.6. The van der Waals surface area contributed by atoms with Crippen LogP contribution in [0.2, 0.25) is 0 Å². The summed E-state index contributed by atoms with van der Waals surface area (Å²) in [7, 11) is 0. The average Bonchev–Trinajstić information content (AvgIpc) is 1.56. The molecule has 6 aromatic heterocycles. The Morgan fingerprint density at radius 1 is 0.164 bits per heavy atom. The number of nitrogens with zero attached hydrogens (tertiary/aromatic N) is 8. The van der Waals surface area contributed by atoms with E-state index in [-0.39, 0.29) is 0 Å². The van der Waals surface area contributed by atoms with Crippen molar-refractivity contribution in [2.24, 2.45) is 0 Å². The molecule has 6 heterocycles. The molecule has 0 spiro atoms. The predicted octanol–water partition coefficient (Wildman–Crippen LogP) is 26.6. The zero-order chi connectivity index (χ0) is 73.1. The van der Waals surface area contributed by atoms with Gasteiger partial charge < -0.3 is 0 Å². The fraction of sp³-hybridized carbons (Fsp3) is 0. The number of hydrogen-bond donors (Lipinski definition) is 0. The second-order valence-corrected chi connectivity index (χ2v) is 28.9. The Labute approximate surface area is 644 Å². The number of aromatic nitrogens is 8. The van der Waals surface area contributed by atoms with Gasteiger partial charge in [-0.15, -0.1) is 22.7 Å². The maximum atomic E-state index is 5.50. The van der Waals surface area contributed by atoms with Crippen molar-refractivity contribution in [1.82, 2.24) is 39.9 Å². The first-order chi connectivity index (χ1) is 54.5. The van der Waals surface area contributed by atoms with Crippen LogP contribution in [0.5, 0.6) is 0 Å². The zero-order valence-corrected chi connectivity index (χ0v) is 61.0. The highest BCUT2D eigenvalue weighted by Gasteiger charge is 2.26. The van der Waals surface area contributed by atoms with E-state index in [9.17, 15) is 0 Å². The van der Waals surface area contributed by atoms with Crippen LogP contribution >= 0.6 is 22.7 Å². The monoisotopic (exact) mass is 1440 g/mol. The molecule has 10 heteroatoms. The number of pyridine rings is 2. The summed E-state index contributed by atoms with van der Waals surface area (Å²) in [6.07, 6.45) is 0. The Kier molecular flexibility index (Phi) is 17.9. The molecule has 0 saturated carbocycles. The molecule has 8 nitrogen and oxygen atoms in total. The Hall–Kier alpha value is -14.2. The Morgan fingerprint density at radius 2 is 0.400 bits per heavy atom. The first-order valence-electron chi connectivity index (χ1n) is 36.6. The summed E-state index contributed by atoms with van der Waals surface area (Å²) in [5, 5.41) is 4.65. The molecule has 0 N–H and O–H groups in total. The van der Waals surface area contributed by atoms with Gasteiger partial charge in [-0.1, -0.05) is 370 Å². The summed E-state index contributed by atoms with van der Waals surface area (Å²) in [5.41, 5.74) is 23.3. The predicted molar refractivity (Wildman–Crippen MR) is 457 cm³/mol. The summed E-state index contributed by atoms with van der Waals surface area (Å²) in [5.74, 6) is 3.84. The van der Waals surface area contributed by atoms with Gasteiger partial charge in [-0.25, -0.2) is 39.9 Å². The summed E-state index contributed by atoms with van der Waals surface area (Å²) >= 11 is 3.70. The van der Waals surface area contributed by atoms with Crippen molar-refractivity contribution in [3.63, 3.8) is 0 Å². The van der Waals surface area contributed by atoms with E-state index in [4.69, 9.17) is 39.9 Å². The number of fused-ring (bicyclic) bond motifs is 6. The third kappa shape index (κ3) is 13.2. The molecule has 0 aliphatic rings. The molecule has 0 amide bonds. The van der Waals surface area contributed by atoms with Crippen molar-refractivity contribution in [3.8, 4) is 156 Å². The molecular weight excluding hydrogens is 1380 g/mol. The highest BCUT2D eigenvalue weighted by molar-refractivity contribution is 7.24. The van der Waals surface area contributed by atoms with Gasteiger partial charge in [0.1, 0.15) is 0 Å². The van der Waals surface area contributed by atoms with E-state index in [1.54, 1.807) is 0 Å². The fourth-order valence-corrected chi connectivity index (χ4v) is 17.2. The van der Waals surface area contributed by atoms with Gasteiger partial charge >= 0.3 is 0 Å². The van der Waals surface area contributed by atoms with E-state index in [0.29, 0.717) is 34.9 Å². The molecule has 0 atom stereocenters. The highest BCUT2D eigenvalue weighted by Crippen LogP contribution is 2.52. The molecule has 14 aromatic carbocycles. The van der Waals surface area contributed by atoms with Gasteiger partial charge in [0.15, 0.2) is 34.9 Å². The van der Waals surface area contributed by atoms with Crippen LogP contribution < -0.4 is 0 Å². The Balaban J connectivity index is 0.000000149. The van der Waals surface area contributed by atoms with Crippen molar-refractivity contribution >= 4 is 64.7 Å². The van der Waals surface area contributed by atoms with E-state index in [0.717, 1.165) is 100.0 Å². The lowest BCUT2D eigenvalue weighted by molar-refractivity contribution is 1.07. The van der Waals surface area contributed by atoms with Crippen LogP contribution in [0.25, 0.3) is 198 Å². The van der Waals surface area contributed by atoms with Crippen molar-refractivity contribution in [2.45, 2.75) is 0 Å². The van der Waals surface area contributed by atoms with E-state index in [1.807, 2.05) is 144 Å². The maximum absolute atomic E-state index is 5.50. The van der Waals surface area contributed by atoms with Crippen molar-refractivity contribution in [2.75, 3.05) is 0 Å². The van der Waals surface area contributed by atoms with Crippen LogP contribution in [0.4, 0.5) is 0 Å². The molecule has 110 heavy (non-hydrogen) atoms. The lowest BCUT2D eigenvalue weighted by Gasteiger charge is -2.12. The molecule has 516 valence electrons. The Bertz CT molecular complexity index is 6580. The molecule has 0 radical (unpaired) electrons. The van der Waals surface area contributed by atoms with Crippen LogP contribution in [-0.2, 0) is 0 Å². The summed E-state index contributed by atoms with van der Waals surface area (Å²) in [4.78, 5) is 43.1. The minimum Gasteiger partial charge on any atom is -0.247 e. The third-order valence-corrected chi connectivity index (χ3v) is 22.4. The number of thiophene rings is 2. The molecule has 0 unspecified atom stereocenters. The van der Waals surface area contributed by atoms with E-state index >= 15 is 0 Å². The van der Waals surface area contributed by atoms with E-state index in [1.165, 1.54) is 63.3 Å². The summed E-state index contributed by atoms with van der Waals surface area (Å²) < 4.78 is 2.47. The zero-order valence-electron chi connectivity index (χ0n) is 59.3. The van der Waals surface area contributed by atoms with Gasteiger partial charge in [0.2, 0.25) is 0 Å². The van der Waals surface area contributed by atoms with Gasteiger partial charge in [-0.2, -0.15) is 0 Å². The standard InChI is InChI=1S/2C50H32N4S/c1-6-17-33(18-7-1)43-44-45(34-19-8-2-9-20-34)51-42-32-39(29-30-41(42)47(44)55-46(43)35-21-10-3-11-22-35)38-27-16-28-40(31-38)50-53-48(36-23-12-4-13-24-36)52-49(54-50)37-25-14-5-15-26-37;1-6-16-34(17-7-1)43-44-45(35-18-8-2-9-19-35)51-42-32-40(30-31-41(42)47(44)55-46(43)36-20-10-3-11-21-36)33-26-28-39(29-27-33)50-53-48(37-22-12-4-13-23-37)52-49(54-50)38-24-14-5-15-25-38/h2*1-32H. The van der Waals surface area contributed by atoms with Crippen LogP contribution in [-0.4, -0.2) is 39.9 Å². The lowest BCUT2D eigenvalue weighted by atomic mass is 9.94. The first-order valence-corrected chi connectivity index (χ1v) is 38.3. The molecule has 0 fully saturated rings. The smallest absolute Gasteiger partial charge is 0.164 e. The topological polar surface area (TPSA) is 103 Å². The van der Waals surface area contributed by atoms with Crippen molar-refractivity contribution < 1.29 is 0 Å². The van der Waals surface area contributed by atoms with E-state index in [2.05, 4.69) is 267 Å². The maximum Gasteiger partial charge on any atom is 0.164 e. The van der Waals surface area contributed by atoms with Gasteiger partial charge in [0.05, 0.1) is 22.4 Å². The van der Waals surface area contributed by atoms with Crippen LogP contribution in [0.1, 0.15) is 0 Å². The van der Waals surface area contributed by atoms with Crippen molar-refractivity contribution in [3.05, 3.63) is 388 Å². The molecule has 0 bridgehead atoms. The fourth-order valence-electron chi connectivity index (χ4n) is 14.5. The third-order valence-electron chi connectivity index (χ3n) is 19.9. The molecule has 20 rings (SSSR count). The minimum absolute atomic E-state index is 0.627. The SMILES string of the molecule is c1ccc(-c2nc(-c3ccccc3)nc(-c3ccc(-c4ccc5c(c4)nc(-c4ccccc4)c4c(-c6ccccc6)c(-c6ccccc6)sc45)cc3)n2)cc1.c1ccc(-c2nc(-c3ccccc3)nc(-c3cccc(-c4ccc5c(c4)nc(-c4ccccc4)c4c(-c6ccccc6)c(-c6ccccc6)sc45)c3)n2)cc1. The summed E-state index contributed by atoms with van der Waals surface area (Å²) in [6.45, 7) is 0. The van der Waals surface area contributed by atoms with Crippen molar-refractivity contribution in [1.29, 1.82) is 0 Å². The van der Waals surface area contributed by atoms with Gasteiger partial charge in [-0.3, -0.25) is 0 Å². The first kappa shape index (κ1) is 66.5. The largest absolute Gasteiger partial charge is 0.247 e. The molecule has 0 saturated heterocycles. The summed E-state index contributed by atoms with van der Waals surface area (Å²) in [6, 6.07) is 135. The normalized spacial score (nSPS) is 11.3. The second-order valence-electron chi connectivity index (χ2n) is 26.8. The molecular formula is C100H64N8S2. The van der Waals surface area contributed by atoms with E-state index < -0.39 is 0 Å². The Morgan fingerprint density at radius 3 is 0.736 bits per heavy atom. The van der Waals surface area contributed by atoms with Gasteiger partial charge in [0, 0.05) is 96.3 Å². The number of rotatable bonds is 14. The number of benzene rings is 14. The average molecular weight is 1440 g/mol. The quantitative estimate of drug-likeness (QED) is 0.106. The molecule has 0 aliphatic carbocycles. The molecule has 0 aliphatic heterocycles. The van der Waals surface area contributed by atoms with Crippen LogP contribution in [0.3, 0.4) is 0 Å². The van der Waals surface area contributed by atoms with Gasteiger partial charge in [-0.05, 0) is 62.7 Å². The molecule has 20 aromatic rings. The van der Waals surface area contributed by atoms with Gasteiger partial charge in [0.25, 0.3) is 0 Å². The lowest BCUT2D eigenvalue weighted by Crippen LogP contribution is -2.00. The number of hydrogen-bond acceptors (Lipinski definition) is 10. The highest BCUT2D eigenvalue weighted by atomic mass is 32.1. The van der Waals surface area contributed by atoms with Crippen LogP contribution in [0.15, 0.2) is 388 Å². The minimum atomic E-state index is 0.627. The van der Waals surface area contributed by atoms with Crippen LogP contribution in [0, 0.1) is 0 Å².